The summed E-state index contributed by atoms with van der Waals surface area (Å²) in [6.45, 7) is 0. The highest BCUT2D eigenvalue weighted by atomic mass is 16.6. The van der Waals surface area contributed by atoms with Crippen molar-refractivity contribution in [1.82, 2.24) is 9.97 Å². The van der Waals surface area contributed by atoms with Crippen molar-refractivity contribution < 1.29 is 4.92 Å². The third-order valence-electron chi connectivity index (χ3n) is 5.75. The van der Waals surface area contributed by atoms with Gasteiger partial charge in [0.2, 0.25) is 0 Å². The smallest absolute Gasteiger partial charge is 0.270 e. The van der Waals surface area contributed by atoms with Gasteiger partial charge in [-0.05, 0) is 35.4 Å². The minimum Gasteiger partial charge on any atom is -0.399 e. The third kappa shape index (κ3) is 4.12. The van der Waals surface area contributed by atoms with Crippen LogP contribution < -0.4 is 5.73 Å². The van der Waals surface area contributed by atoms with E-state index in [9.17, 15) is 10.1 Å². The van der Waals surface area contributed by atoms with Crippen LogP contribution in [0.3, 0.4) is 0 Å². The van der Waals surface area contributed by atoms with Gasteiger partial charge in [0.1, 0.15) is 0 Å². The highest BCUT2D eigenvalue weighted by Crippen LogP contribution is 2.31. The number of H-pyrrole nitrogens is 2. The van der Waals surface area contributed by atoms with Crippen LogP contribution in [0.15, 0.2) is 109 Å². The molecule has 6 heteroatoms. The molecule has 0 saturated carbocycles. The predicted octanol–water partition coefficient (Wildman–Crippen LogP) is 7.16. The normalized spacial score (nSPS) is 10.7. The lowest BCUT2D eigenvalue weighted by atomic mass is 10.0. The van der Waals surface area contributed by atoms with Crippen LogP contribution in [0.2, 0.25) is 0 Å². The van der Waals surface area contributed by atoms with Gasteiger partial charge < -0.3 is 15.7 Å². The fraction of sp³-hybridized carbons (Fsp3) is 0. The van der Waals surface area contributed by atoms with Gasteiger partial charge in [-0.1, -0.05) is 60.7 Å². The Labute approximate surface area is 195 Å². The molecule has 0 amide bonds. The van der Waals surface area contributed by atoms with E-state index in [0.717, 1.165) is 33.2 Å². The Morgan fingerprint density at radius 2 is 1.15 bits per heavy atom. The molecule has 0 atom stereocenters. The van der Waals surface area contributed by atoms with Gasteiger partial charge in [-0.2, -0.15) is 0 Å². The summed E-state index contributed by atoms with van der Waals surface area (Å²) >= 11 is 0. The highest BCUT2D eigenvalue weighted by molar-refractivity contribution is 5.97. The first-order chi connectivity index (χ1) is 16.6. The zero-order valence-corrected chi connectivity index (χ0v) is 18.2. The van der Waals surface area contributed by atoms with Gasteiger partial charge in [0.25, 0.3) is 5.69 Å². The van der Waals surface area contributed by atoms with E-state index in [2.05, 4.69) is 22.1 Å². The molecule has 166 valence electrons. The molecular formula is C28H22N4O2. The summed E-state index contributed by atoms with van der Waals surface area (Å²) in [6, 6.07) is 30.9. The second-order valence-corrected chi connectivity index (χ2v) is 7.93. The number of nitrogens with two attached hydrogens (primary N) is 1. The number of benzene rings is 4. The third-order valence-corrected chi connectivity index (χ3v) is 5.75. The van der Waals surface area contributed by atoms with Crippen molar-refractivity contribution >= 4 is 33.2 Å². The van der Waals surface area contributed by atoms with Crippen LogP contribution in [0.25, 0.3) is 44.1 Å². The number of nitro groups is 1. The fourth-order valence-corrected chi connectivity index (χ4v) is 4.07. The number of aromatic amines is 2. The van der Waals surface area contributed by atoms with Gasteiger partial charge >= 0.3 is 0 Å². The lowest BCUT2D eigenvalue weighted by Crippen LogP contribution is -1.86. The molecule has 34 heavy (non-hydrogen) atoms. The molecule has 0 fully saturated rings. The number of rotatable bonds is 3. The van der Waals surface area contributed by atoms with Crippen LogP contribution in [-0.2, 0) is 0 Å². The van der Waals surface area contributed by atoms with Crippen LogP contribution in [0.5, 0.6) is 0 Å². The predicted molar refractivity (Wildman–Crippen MR) is 139 cm³/mol. The molecule has 0 aliphatic rings. The number of aromatic nitrogens is 2. The zero-order valence-electron chi connectivity index (χ0n) is 18.2. The molecule has 0 saturated heterocycles. The van der Waals surface area contributed by atoms with Crippen LogP contribution >= 0.6 is 0 Å². The number of non-ortho nitro benzene ring substituents is 1. The summed E-state index contributed by atoms with van der Waals surface area (Å²) in [5, 5.41) is 12.9. The molecule has 0 bridgehead atoms. The Balaban J connectivity index is 0.000000142. The van der Waals surface area contributed by atoms with E-state index in [0.29, 0.717) is 0 Å². The maximum atomic E-state index is 10.8. The Morgan fingerprint density at radius 1 is 0.647 bits per heavy atom. The summed E-state index contributed by atoms with van der Waals surface area (Å²) in [5.41, 5.74) is 13.2. The molecule has 6 rings (SSSR count). The summed E-state index contributed by atoms with van der Waals surface area (Å²) in [6.07, 6.45) is 3.91. The molecule has 2 aromatic heterocycles. The van der Waals surface area contributed by atoms with E-state index >= 15 is 0 Å². The molecule has 0 aliphatic carbocycles. The first-order valence-electron chi connectivity index (χ1n) is 10.8. The molecule has 0 radical (unpaired) electrons. The van der Waals surface area contributed by atoms with Crippen molar-refractivity contribution in [1.29, 1.82) is 0 Å². The van der Waals surface area contributed by atoms with E-state index in [1.807, 2.05) is 79.1 Å². The summed E-state index contributed by atoms with van der Waals surface area (Å²) in [4.78, 5) is 16.8. The fourth-order valence-electron chi connectivity index (χ4n) is 4.07. The molecule has 6 nitrogen and oxygen atoms in total. The van der Waals surface area contributed by atoms with Crippen LogP contribution in [0.1, 0.15) is 0 Å². The quantitative estimate of drug-likeness (QED) is 0.153. The van der Waals surface area contributed by atoms with Gasteiger partial charge in [-0.3, -0.25) is 10.1 Å². The molecule has 0 aliphatic heterocycles. The lowest BCUT2D eigenvalue weighted by Gasteiger charge is -1.99. The topological polar surface area (TPSA) is 101 Å². The molecule has 4 N–H and O–H groups in total. The Bertz CT molecular complexity index is 1590. The van der Waals surface area contributed by atoms with Crippen molar-refractivity contribution in [3.05, 3.63) is 120 Å². The Morgan fingerprint density at radius 3 is 1.68 bits per heavy atom. The number of nitro benzene ring substituents is 1. The second kappa shape index (κ2) is 8.96. The average Bonchev–Trinajstić information content (AvgIpc) is 3.49. The van der Waals surface area contributed by atoms with E-state index < -0.39 is 0 Å². The summed E-state index contributed by atoms with van der Waals surface area (Å²) < 4.78 is 0. The number of anilines is 1. The second-order valence-electron chi connectivity index (χ2n) is 7.93. The molecule has 6 aromatic rings. The maximum absolute atomic E-state index is 10.8. The zero-order chi connectivity index (χ0) is 23.5. The van der Waals surface area contributed by atoms with Gasteiger partial charge in [-0.15, -0.1) is 0 Å². The minimum atomic E-state index is -0.374. The van der Waals surface area contributed by atoms with Crippen LogP contribution in [-0.4, -0.2) is 14.9 Å². The molecule has 4 aromatic carbocycles. The SMILES string of the molecule is Nc1ccc2[nH]cc(-c3ccccc3)c2c1.O=[N+]([O-])c1ccc2[nH]cc(-c3ccccc3)c2c1. The average molecular weight is 447 g/mol. The first kappa shape index (κ1) is 21.0. The molecular weight excluding hydrogens is 424 g/mol. The lowest BCUT2D eigenvalue weighted by molar-refractivity contribution is -0.384. The van der Waals surface area contributed by atoms with E-state index in [1.165, 1.54) is 22.6 Å². The molecule has 0 spiro atoms. The Kier molecular flexibility index (Phi) is 5.54. The van der Waals surface area contributed by atoms with E-state index in [-0.39, 0.29) is 10.6 Å². The van der Waals surface area contributed by atoms with Gasteiger partial charge in [-0.25, -0.2) is 0 Å². The van der Waals surface area contributed by atoms with Crippen LogP contribution in [0.4, 0.5) is 11.4 Å². The number of hydrogen-bond donors (Lipinski definition) is 3. The standard InChI is InChI=1S/C14H10N2O2.C14H12N2/c17-16(18)11-6-7-14-12(8-11)13(9-15-14)10-4-2-1-3-5-10;15-11-6-7-14-12(8-11)13(9-16-14)10-4-2-1-3-5-10/h1-9,15H;1-9,16H,15H2. The van der Waals surface area contributed by atoms with Crippen molar-refractivity contribution in [3.63, 3.8) is 0 Å². The van der Waals surface area contributed by atoms with Gasteiger partial charge in [0.15, 0.2) is 0 Å². The highest BCUT2D eigenvalue weighted by Gasteiger charge is 2.11. The van der Waals surface area contributed by atoms with Crippen molar-refractivity contribution in [3.8, 4) is 22.3 Å². The number of nitrogens with zero attached hydrogens (tertiary/aromatic N) is 1. The number of hydrogen-bond acceptors (Lipinski definition) is 3. The minimum absolute atomic E-state index is 0.110. The molecule has 2 heterocycles. The van der Waals surface area contributed by atoms with Crippen LogP contribution in [0, 0.1) is 10.1 Å². The summed E-state index contributed by atoms with van der Waals surface area (Å²) in [5.74, 6) is 0. The Hall–Kier alpha value is -4.84. The monoisotopic (exact) mass is 446 g/mol. The largest absolute Gasteiger partial charge is 0.399 e. The number of fused-ring (bicyclic) bond motifs is 2. The van der Waals surface area contributed by atoms with Crippen molar-refractivity contribution in [2.24, 2.45) is 0 Å². The molecule has 0 unspecified atom stereocenters. The van der Waals surface area contributed by atoms with Crippen molar-refractivity contribution in [2.75, 3.05) is 5.73 Å². The van der Waals surface area contributed by atoms with Gasteiger partial charge in [0.05, 0.1) is 4.92 Å². The summed E-state index contributed by atoms with van der Waals surface area (Å²) in [7, 11) is 0. The number of nitrogens with one attached hydrogen (secondary N) is 2. The van der Waals surface area contributed by atoms with Crippen molar-refractivity contribution in [2.45, 2.75) is 0 Å². The van der Waals surface area contributed by atoms with Gasteiger partial charge in [0, 0.05) is 63.1 Å². The maximum Gasteiger partial charge on any atom is 0.270 e. The van der Waals surface area contributed by atoms with E-state index in [1.54, 1.807) is 12.1 Å². The first-order valence-corrected chi connectivity index (χ1v) is 10.8. The van der Waals surface area contributed by atoms with E-state index in [4.69, 9.17) is 5.73 Å². The number of nitrogen functional groups attached to an aromatic ring is 1.